The van der Waals surface area contributed by atoms with Gasteiger partial charge in [0.05, 0.1) is 11.2 Å². The molecule has 0 radical (unpaired) electrons. The fourth-order valence-electron chi connectivity index (χ4n) is 2.71. The molecule has 7 nitrogen and oxygen atoms in total. The molecule has 1 aliphatic rings. The van der Waals surface area contributed by atoms with E-state index in [1.165, 1.54) is 6.20 Å². The van der Waals surface area contributed by atoms with Crippen molar-refractivity contribution in [3.63, 3.8) is 0 Å². The molecule has 0 unspecified atom stereocenters. The fraction of sp³-hybridized carbons (Fsp3) is 0.333. The average molecular weight is 374 g/mol. The molecule has 0 spiro atoms. The lowest BCUT2D eigenvalue weighted by Gasteiger charge is -2.16. The van der Waals surface area contributed by atoms with Crippen molar-refractivity contribution >= 4 is 29.4 Å². The van der Waals surface area contributed by atoms with Gasteiger partial charge in [0.15, 0.2) is 5.69 Å². The molecule has 1 aromatic heterocycles. The maximum absolute atomic E-state index is 12.3. The third-order valence-corrected chi connectivity index (χ3v) is 4.34. The molecule has 1 aromatic carbocycles. The minimum Gasteiger partial charge on any atom is -0.350 e. The third-order valence-electron chi connectivity index (χ3n) is 4.07. The Balaban J connectivity index is 1.51. The maximum Gasteiger partial charge on any atom is 0.271 e. The quantitative estimate of drug-likeness (QED) is 0.755. The van der Waals surface area contributed by atoms with Gasteiger partial charge in [-0.3, -0.25) is 9.59 Å². The zero-order valence-corrected chi connectivity index (χ0v) is 15.0. The summed E-state index contributed by atoms with van der Waals surface area (Å²) in [6, 6.07) is 8.90. The Morgan fingerprint density at radius 3 is 2.38 bits per heavy atom. The van der Waals surface area contributed by atoms with Gasteiger partial charge in [0.25, 0.3) is 11.8 Å². The number of rotatable bonds is 6. The molecule has 0 saturated carbocycles. The number of anilines is 1. The first-order valence-electron chi connectivity index (χ1n) is 8.54. The van der Waals surface area contributed by atoms with Gasteiger partial charge >= 0.3 is 0 Å². The van der Waals surface area contributed by atoms with Gasteiger partial charge in [-0.1, -0.05) is 29.8 Å². The van der Waals surface area contributed by atoms with E-state index in [0.717, 1.165) is 25.9 Å². The van der Waals surface area contributed by atoms with Gasteiger partial charge in [-0.05, 0) is 25.0 Å². The van der Waals surface area contributed by atoms with Crippen LogP contribution in [0, 0.1) is 0 Å². The molecule has 136 valence electrons. The number of halogens is 1. The SMILES string of the molecule is O=C(NCCNC(=O)c1nc(N2CCCC2)ncc1Cl)c1ccccc1. The molecule has 1 saturated heterocycles. The number of nitrogens with zero attached hydrogens (tertiary/aromatic N) is 3. The topological polar surface area (TPSA) is 87.2 Å². The summed E-state index contributed by atoms with van der Waals surface area (Å²) in [5.74, 6) is -0.0440. The normalized spacial score (nSPS) is 13.5. The summed E-state index contributed by atoms with van der Waals surface area (Å²) in [5, 5.41) is 5.67. The first kappa shape index (κ1) is 18.1. The zero-order valence-electron chi connectivity index (χ0n) is 14.2. The van der Waals surface area contributed by atoms with Crippen LogP contribution in [-0.4, -0.2) is 48.0 Å². The molecular formula is C18H20ClN5O2. The van der Waals surface area contributed by atoms with Crippen molar-refractivity contribution in [2.75, 3.05) is 31.1 Å². The smallest absolute Gasteiger partial charge is 0.271 e. The number of amides is 2. The minimum atomic E-state index is -0.383. The molecule has 1 aliphatic heterocycles. The third kappa shape index (κ3) is 4.49. The van der Waals surface area contributed by atoms with Crippen LogP contribution in [-0.2, 0) is 0 Å². The van der Waals surface area contributed by atoms with Crippen molar-refractivity contribution in [2.45, 2.75) is 12.8 Å². The van der Waals surface area contributed by atoms with Crippen LogP contribution in [0.3, 0.4) is 0 Å². The number of carbonyl (C=O) groups is 2. The fourth-order valence-corrected chi connectivity index (χ4v) is 2.89. The van der Waals surface area contributed by atoms with E-state index in [4.69, 9.17) is 11.6 Å². The van der Waals surface area contributed by atoms with Crippen LogP contribution in [0.4, 0.5) is 5.95 Å². The van der Waals surface area contributed by atoms with Gasteiger partial charge in [0.1, 0.15) is 0 Å². The molecule has 0 bridgehead atoms. The predicted molar refractivity (Wildman–Crippen MR) is 99.6 cm³/mol. The van der Waals surface area contributed by atoms with Crippen molar-refractivity contribution in [3.05, 3.63) is 52.8 Å². The number of aromatic nitrogens is 2. The Kier molecular flexibility index (Phi) is 6.01. The van der Waals surface area contributed by atoms with Gasteiger partial charge in [-0.15, -0.1) is 0 Å². The van der Waals surface area contributed by atoms with Crippen molar-refractivity contribution in [2.24, 2.45) is 0 Å². The van der Waals surface area contributed by atoms with E-state index >= 15 is 0 Å². The first-order chi connectivity index (χ1) is 12.6. The number of hydrogen-bond donors (Lipinski definition) is 2. The highest BCUT2D eigenvalue weighted by molar-refractivity contribution is 6.33. The van der Waals surface area contributed by atoms with Crippen molar-refractivity contribution in [3.8, 4) is 0 Å². The zero-order chi connectivity index (χ0) is 18.4. The lowest BCUT2D eigenvalue weighted by molar-refractivity contribution is 0.0925. The summed E-state index contributed by atoms with van der Waals surface area (Å²) in [4.78, 5) is 34.8. The summed E-state index contributed by atoms with van der Waals surface area (Å²) < 4.78 is 0. The van der Waals surface area contributed by atoms with E-state index in [1.807, 2.05) is 11.0 Å². The van der Waals surface area contributed by atoms with E-state index < -0.39 is 0 Å². The maximum atomic E-state index is 12.3. The molecule has 2 N–H and O–H groups in total. The number of nitrogens with one attached hydrogen (secondary N) is 2. The molecule has 1 fully saturated rings. The summed E-state index contributed by atoms with van der Waals surface area (Å²) in [6.07, 6.45) is 3.64. The molecule has 3 rings (SSSR count). The van der Waals surface area contributed by atoms with E-state index in [1.54, 1.807) is 24.3 Å². The Labute approximate surface area is 156 Å². The standard InChI is InChI=1S/C18H20ClN5O2/c19-14-12-22-18(24-10-4-5-11-24)23-15(14)17(26)21-9-8-20-16(25)13-6-2-1-3-7-13/h1-3,6-7,12H,4-5,8-11H2,(H,20,25)(H,21,26). The van der Waals surface area contributed by atoms with Gasteiger partial charge in [-0.2, -0.15) is 0 Å². The van der Waals surface area contributed by atoms with E-state index in [0.29, 0.717) is 18.1 Å². The molecule has 2 heterocycles. The lowest BCUT2D eigenvalue weighted by atomic mass is 10.2. The first-order valence-corrected chi connectivity index (χ1v) is 8.92. The highest BCUT2D eigenvalue weighted by atomic mass is 35.5. The minimum absolute atomic E-state index is 0.151. The van der Waals surface area contributed by atoms with Crippen molar-refractivity contribution < 1.29 is 9.59 Å². The number of benzene rings is 1. The molecule has 26 heavy (non-hydrogen) atoms. The second kappa shape index (κ2) is 8.62. The van der Waals surface area contributed by atoms with E-state index in [2.05, 4.69) is 20.6 Å². The highest BCUT2D eigenvalue weighted by Gasteiger charge is 2.19. The van der Waals surface area contributed by atoms with Crippen LogP contribution < -0.4 is 15.5 Å². The largest absolute Gasteiger partial charge is 0.350 e. The summed E-state index contributed by atoms with van der Waals surface area (Å²) in [5.41, 5.74) is 0.728. The number of carbonyl (C=O) groups excluding carboxylic acids is 2. The van der Waals surface area contributed by atoms with Crippen molar-refractivity contribution in [1.29, 1.82) is 0 Å². The van der Waals surface area contributed by atoms with Crippen LogP contribution in [0.25, 0.3) is 0 Å². The van der Waals surface area contributed by atoms with Gasteiger partial charge in [-0.25, -0.2) is 9.97 Å². The number of hydrogen-bond acceptors (Lipinski definition) is 5. The van der Waals surface area contributed by atoms with Crippen LogP contribution in [0.1, 0.15) is 33.7 Å². The van der Waals surface area contributed by atoms with Crippen molar-refractivity contribution in [1.82, 2.24) is 20.6 Å². The Morgan fingerprint density at radius 1 is 1.04 bits per heavy atom. The van der Waals surface area contributed by atoms with Crippen LogP contribution in [0.2, 0.25) is 5.02 Å². The predicted octanol–water partition coefficient (Wildman–Crippen LogP) is 1.89. The van der Waals surface area contributed by atoms with E-state index in [9.17, 15) is 9.59 Å². The molecular weight excluding hydrogens is 354 g/mol. The lowest BCUT2D eigenvalue weighted by Crippen LogP contribution is -2.35. The highest BCUT2D eigenvalue weighted by Crippen LogP contribution is 2.19. The van der Waals surface area contributed by atoms with Gasteiger partial charge < -0.3 is 15.5 Å². The molecule has 2 amide bonds. The summed E-state index contributed by atoms with van der Waals surface area (Å²) in [6.45, 7) is 2.35. The second-order valence-electron chi connectivity index (χ2n) is 5.94. The summed E-state index contributed by atoms with van der Waals surface area (Å²) >= 11 is 6.07. The monoisotopic (exact) mass is 373 g/mol. The van der Waals surface area contributed by atoms with Crippen LogP contribution >= 0.6 is 11.6 Å². The molecule has 8 heteroatoms. The van der Waals surface area contributed by atoms with Crippen LogP contribution in [0.15, 0.2) is 36.5 Å². The molecule has 0 atom stereocenters. The Hall–Kier alpha value is -2.67. The Bertz CT molecular complexity index is 778. The van der Waals surface area contributed by atoms with Crippen LogP contribution in [0.5, 0.6) is 0 Å². The van der Waals surface area contributed by atoms with Gasteiger partial charge in [0.2, 0.25) is 5.95 Å². The Morgan fingerprint density at radius 2 is 1.69 bits per heavy atom. The molecule has 2 aromatic rings. The average Bonchev–Trinajstić information content (AvgIpc) is 3.20. The summed E-state index contributed by atoms with van der Waals surface area (Å²) in [7, 11) is 0. The second-order valence-corrected chi connectivity index (χ2v) is 6.35. The molecule has 0 aliphatic carbocycles. The van der Waals surface area contributed by atoms with Gasteiger partial charge in [0, 0.05) is 31.7 Å². The van der Waals surface area contributed by atoms with E-state index in [-0.39, 0.29) is 29.1 Å².